The molecular formula is C21H34N6. The van der Waals surface area contributed by atoms with Gasteiger partial charge >= 0.3 is 0 Å². The van der Waals surface area contributed by atoms with Crippen molar-refractivity contribution in [1.82, 2.24) is 19.8 Å². The van der Waals surface area contributed by atoms with Gasteiger partial charge in [-0.3, -0.25) is 0 Å². The molecule has 4 fully saturated rings. The molecule has 0 radical (unpaired) electrons. The fourth-order valence-electron chi connectivity index (χ4n) is 6.09. The van der Waals surface area contributed by atoms with Crippen molar-refractivity contribution in [3.8, 4) is 0 Å². The fourth-order valence-corrected chi connectivity index (χ4v) is 6.09. The second-order valence-electron chi connectivity index (χ2n) is 9.45. The van der Waals surface area contributed by atoms with E-state index in [0.29, 0.717) is 12.1 Å². The number of hydrogen-bond donors (Lipinski definition) is 2. The quantitative estimate of drug-likeness (QED) is 0.850. The number of hydrogen-bond acceptors (Lipinski definition) is 6. The normalized spacial score (nSPS) is 38.9. The van der Waals surface area contributed by atoms with Crippen LogP contribution in [0, 0.1) is 6.92 Å². The smallest absolute Gasteiger partial charge is 0.224 e. The lowest BCUT2D eigenvalue weighted by atomic mass is 9.98. The Morgan fingerprint density at radius 3 is 1.81 bits per heavy atom. The highest BCUT2D eigenvalue weighted by atomic mass is 15.2. The third-order valence-electron chi connectivity index (χ3n) is 7.84. The molecule has 1 aromatic heterocycles. The molecule has 0 spiro atoms. The van der Waals surface area contributed by atoms with E-state index in [9.17, 15) is 0 Å². The molecule has 4 unspecified atom stereocenters. The van der Waals surface area contributed by atoms with Crippen molar-refractivity contribution in [3.63, 3.8) is 0 Å². The molecular weight excluding hydrogens is 336 g/mol. The zero-order valence-electron chi connectivity index (χ0n) is 17.0. The average molecular weight is 371 g/mol. The van der Waals surface area contributed by atoms with Crippen LogP contribution in [0.4, 0.5) is 11.8 Å². The van der Waals surface area contributed by atoms with Crippen LogP contribution in [0.5, 0.6) is 0 Å². The Labute approximate surface area is 163 Å². The third kappa shape index (κ3) is 3.31. The number of piperidine rings is 2. The van der Waals surface area contributed by atoms with Gasteiger partial charge in [0.1, 0.15) is 5.82 Å². The first-order valence-electron chi connectivity index (χ1n) is 10.9. The van der Waals surface area contributed by atoms with Crippen molar-refractivity contribution in [3.05, 3.63) is 11.8 Å². The summed E-state index contributed by atoms with van der Waals surface area (Å²) in [6, 6.07) is 4.01. The van der Waals surface area contributed by atoms with Crippen LogP contribution in [0.2, 0.25) is 0 Å². The molecule has 148 valence electrons. The highest BCUT2D eigenvalue weighted by Crippen LogP contribution is 2.36. The number of fused-ring (bicyclic) bond motifs is 4. The Kier molecular flexibility index (Phi) is 4.51. The molecule has 6 heteroatoms. The number of rotatable bonds is 4. The number of nitrogens with zero attached hydrogens (tertiary/aromatic N) is 4. The lowest BCUT2D eigenvalue weighted by Crippen LogP contribution is -2.45. The molecule has 0 aromatic carbocycles. The highest BCUT2D eigenvalue weighted by molar-refractivity contribution is 5.47. The molecule has 0 saturated carbocycles. The number of nitrogens with one attached hydrogen (secondary N) is 2. The van der Waals surface area contributed by atoms with Crippen molar-refractivity contribution in [2.24, 2.45) is 0 Å². The third-order valence-corrected chi connectivity index (χ3v) is 7.84. The van der Waals surface area contributed by atoms with E-state index in [2.05, 4.69) is 46.4 Å². The van der Waals surface area contributed by atoms with Crippen LogP contribution in [-0.4, -0.2) is 70.1 Å². The summed E-state index contributed by atoms with van der Waals surface area (Å²) >= 11 is 0. The summed E-state index contributed by atoms with van der Waals surface area (Å²) < 4.78 is 0. The monoisotopic (exact) mass is 370 g/mol. The molecule has 4 aliphatic heterocycles. The van der Waals surface area contributed by atoms with Crippen LogP contribution >= 0.6 is 0 Å². The average Bonchev–Trinajstić information content (AvgIpc) is 2.99. The summed E-state index contributed by atoms with van der Waals surface area (Å²) in [6.07, 6.45) is 12.3. The molecule has 4 saturated heterocycles. The molecule has 0 aliphatic carbocycles. The zero-order valence-corrected chi connectivity index (χ0v) is 17.0. The second kappa shape index (κ2) is 6.89. The summed E-state index contributed by atoms with van der Waals surface area (Å²) in [6.45, 7) is 2.12. The van der Waals surface area contributed by atoms with Gasteiger partial charge in [-0.05, 0) is 72.4 Å². The van der Waals surface area contributed by atoms with Gasteiger partial charge in [-0.15, -0.1) is 0 Å². The summed E-state index contributed by atoms with van der Waals surface area (Å²) in [5.74, 6) is 1.82. The van der Waals surface area contributed by atoms with E-state index in [-0.39, 0.29) is 0 Å². The van der Waals surface area contributed by atoms with Crippen LogP contribution < -0.4 is 10.6 Å². The van der Waals surface area contributed by atoms with Crippen molar-refractivity contribution >= 4 is 11.8 Å². The van der Waals surface area contributed by atoms with E-state index in [1.807, 2.05) is 6.20 Å². The second-order valence-corrected chi connectivity index (χ2v) is 9.45. The number of anilines is 2. The summed E-state index contributed by atoms with van der Waals surface area (Å²) in [5.41, 5.74) is 1.15. The van der Waals surface area contributed by atoms with Gasteiger partial charge in [0, 0.05) is 48.0 Å². The largest absolute Gasteiger partial charge is 0.367 e. The minimum atomic E-state index is 0.508. The van der Waals surface area contributed by atoms with Gasteiger partial charge in [0.2, 0.25) is 5.95 Å². The van der Waals surface area contributed by atoms with Crippen molar-refractivity contribution in [2.75, 3.05) is 24.7 Å². The minimum Gasteiger partial charge on any atom is -0.367 e. The van der Waals surface area contributed by atoms with E-state index in [4.69, 9.17) is 4.98 Å². The van der Waals surface area contributed by atoms with Crippen LogP contribution in [-0.2, 0) is 0 Å². The molecule has 1 aromatic rings. The van der Waals surface area contributed by atoms with Gasteiger partial charge < -0.3 is 20.4 Å². The Morgan fingerprint density at radius 1 is 0.815 bits per heavy atom. The van der Waals surface area contributed by atoms with Crippen molar-refractivity contribution < 1.29 is 0 Å². The van der Waals surface area contributed by atoms with Gasteiger partial charge in [0.15, 0.2) is 0 Å². The lowest BCUT2D eigenvalue weighted by molar-refractivity contribution is 0.168. The van der Waals surface area contributed by atoms with E-state index in [0.717, 1.165) is 41.5 Å². The van der Waals surface area contributed by atoms with Crippen LogP contribution in [0.15, 0.2) is 6.20 Å². The van der Waals surface area contributed by atoms with E-state index >= 15 is 0 Å². The lowest BCUT2D eigenvalue weighted by Gasteiger charge is -2.37. The summed E-state index contributed by atoms with van der Waals surface area (Å²) in [7, 11) is 4.59. The molecule has 2 N–H and O–H groups in total. The van der Waals surface area contributed by atoms with E-state index in [1.165, 1.54) is 51.4 Å². The Balaban J connectivity index is 1.25. The van der Waals surface area contributed by atoms with Crippen molar-refractivity contribution in [2.45, 2.75) is 94.5 Å². The van der Waals surface area contributed by atoms with Gasteiger partial charge in [-0.25, -0.2) is 4.98 Å². The van der Waals surface area contributed by atoms with Crippen LogP contribution in [0.3, 0.4) is 0 Å². The molecule has 4 atom stereocenters. The van der Waals surface area contributed by atoms with Crippen LogP contribution in [0.25, 0.3) is 0 Å². The Bertz CT molecular complexity index is 665. The zero-order chi connectivity index (χ0) is 18.5. The van der Waals surface area contributed by atoms with Gasteiger partial charge in [0.25, 0.3) is 0 Å². The summed E-state index contributed by atoms with van der Waals surface area (Å²) in [4.78, 5) is 14.6. The fraction of sp³-hybridized carbons (Fsp3) is 0.810. The molecule has 0 amide bonds. The number of aromatic nitrogens is 2. The van der Waals surface area contributed by atoms with Gasteiger partial charge in [0.05, 0.1) is 0 Å². The molecule has 4 aliphatic rings. The molecule has 27 heavy (non-hydrogen) atoms. The Morgan fingerprint density at radius 2 is 1.30 bits per heavy atom. The predicted octanol–water partition coefficient (Wildman–Crippen LogP) is 2.86. The molecule has 5 heterocycles. The topological polar surface area (TPSA) is 56.3 Å². The first kappa shape index (κ1) is 17.7. The Hall–Kier alpha value is -1.40. The van der Waals surface area contributed by atoms with Crippen molar-refractivity contribution in [1.29, 1.82) is 0 Å². The van der Waals surface area contributed by atoms with E-state index < -0.39 is 0 Å². The maximum absolute atomic E-state index is 4.88. The van der Waals surface area contributed by atoms with E-state index in [1.54, 1.807) is 0 Å². The molecule has 5 rings (SSSR count). The minimum absolute atomic E-state index is 0.508. The van der Waals surface area contributed by atoms with Gasteiger partial charge in [-0.2, -0.15) is 4.98 Å². The predicted molar refractivity (Wildman–Crippen MR) is 109 cm³/mol. The highest BCUT2D eigenvalue weighted by Gasteiger charge is 2.39. The van der Waals surface area contributed by atoms with Gasteiger partial charge in [-0.1, -0.05) is 0 Å². The molecule has 6 nitrogen and oxygen atoms in total. The summed E-state index contributed by atoms with van der Waals surface area (Å²) in [5, 5.41) is 7.41. The first-order chi connectivity index (χ1) is 13.1. The SMILES string of the molecule is Cc1cnc(NC2CC3CCC(C2)N3C)nc1NC1CC2CCC(C1)N2C. The van der Waals surface area contributed by atoms with Crippen LogP contribution in [0.1, 0.15) is 56.9 Å². The maximum Gasteiger partial charge on any atom is 0.224 e. The number of aryl methyl sites for hydroxylation is 1. The standard InChI is InChI=1S/C21H34N6/c1-13-12-22-21(24-15-10-18-6-7-19(11-15)27(18)3)25-20(13)23-14-8-16-4-5-17(9-14)26(16)2/h12,14-19H,4-11H2,1-3H3,(H2,22,23,24,25). The maximum atomic E-state index is 4.88. The molecule has 4 bridgehead atoms. The first-order valence-corrected chi connectivity index (χ1v) is 10.9.